The molecule has 3 rings (SSSR count). The van der Waals surface area contributed by atoms with Crippen molar-refractivity contribution in [1.29, 1.82) is 0 Å². The summed E-state index contributed by atoms with van der Waals surface area (Å²) < 4.78 is 14.7. The second-order valence-corrected chi connectivity index (χ2v) is 6.32. The minimum absolute atomic E-state index is 0.152. The smallest absolute Gasteiger partial charge is 0.254 e. The Morgan fingerprint density at radius 2 is 1.96 bits per heavy atom. The summed E-state index contributed by atoms with van der Waals surface area (Å²) in [6.07, 6.45) is 2.46. The van der Waals surface area contributed by atoms with E-state index in [9.17, 15) is 14.3 Å². The molecule has 0 aliphatic carbocycles. The van der Waals surface area contributed by atoms with Crippen LogP contribution in [0, 0.1) is 19.7 Å². The molecule has 0 radical (unpaired) electrons. The summed E-state index contributed by atoms with van der Waals surface area (Å²) >= 11 is 0. The molecule has 1 atom stereocenters. The maximum absolute atomic E-state index is 13.2. The van der Waals surface area contributed by atoms with Gasteiger partial charge in [-0.1, -0.05) is 0 Å². The molecule has 1 aromatic carbocycles. The quantitative estimate of drug-likeness (QED) is 0.719. The average molecular weight is 369 g/mol. The number of nitrogens with zero attached hydrogens (tertiary/aromatic N) is 4. The van der Waals surface area contributed by atoms with E-state index in [1.807, 2.05) is 6.92 Å². The van der Waals surface area contributed by atoms with E-state index >= 15 is 0 Å². The summed E-state index contributed by atoms with van der Waals surface area (Å²) in [7, 11) is 0. The van der Waals surface area contributed by atoms with Crippen molar-refractivity contribution in [2.45, 2.75) is 26.9 Å². The van der Waals surface area contributed by atoms with E-state index in [1.165, 1.54) is 23.0 Å². The Morgan fingerprint density at radius 1 is 1.26 bits per heavy atom. The number of amides is 1. The van der Waals surface area contributed by atoms with Gasteiger partial charge in [-0.05, 0) is 50.6 Å². The Bertz CT molecular complexity index is 967. The lowest BCUT2D eigenvalue weighted by atomic mass is 10.1. The van der Waals surface area contributed by atoms with E-state index in [0.29, 0.717) is 22.9 Å². The largest absolute Gasteiger partial charge is 0.392 e. The van der Waals surface area contributed by atoms with Gasteiger partial charge in [0.05, 0.1) is 29.3 Å². The van der Waals surface area contributed by atoms with Crippen LogP contribution in [0.3, 0.4) is 0 Å². The Morgan fingerprint density at radius 3 is 2.63 bits per heavy atom. The lowest BCUT2D eigenvalue weighted by molar-refractivity contribution is 0.0923. The molecule has 7 nitrogen and oxygen atoms in total. The van der Waals surface area contributed by atoms with Crippen molar-refractivity contribution < 1.29 is 14.3 Å². The predicted octanol–water partition coefficient (Wildman–Crippen LogP) is 2.20. The number of nitrogens with one attached hydrogen (secondary N) is 1. The summed E-state index contributed by atoms with van der Waals surface area (Å²) in [6.45, 7) is 5.35. The van der Waals surface area contributed by atoms with Crippen LogP contribution in [0.2, 0.25) is 0 Å². The number of aliphatic hydroxyl groups is 1. The van der Waals surface area contributed by atoms with Gasteiger partial charge in [0.25, 0.3) is 11.9 Å². The highest BCUT2D eigenvalue weighted by Crippen LogP contribution is 2.22. The van der Waals surface area contributed by atoms with Crippen molar-refractivity contribution in [1.82, 2.24) is 25.1 Å². The number of hydrogen-bond acceptors (Lipinski definition) is 5. The minimum Gasteiger partial charge on any atom is -0.392 e. The number of aryl methyl sites for hydroxylation is 1. The highest BCUT2D eigenvalue weighted by Gasteiger charge is 2.17. The highest BCUT2D eigenvalue weighted by atomic mass is 19.1. The zero-order valence-corrected chi connectivity index (χ0v) is 15.3. The van der Waals surface area contributed by atoms with Gasteiger partial charge in [-0.3, -0.25) is 4.79 Å². The van der Waals surface area contributed by atoms with Crippen LogP contribution in [0.15, 0.2) is 36.7 Å². The fraction of sp³-hybridized carbons (Fsp3) is 0.263. The molecule has 0 aliphatic heterocycles. The molecule has 0 bridgehead atoms. The Kier molecular flexibility index (Phi) is 5.27. The summed E-state index contributed by atoms with van der Waals surface area (Å²) in [5.74, 6) is -0.334. The van der Waals surface area contributed by atoms with Gasteiger partial charge < -0.3 is 10.4 Å². The zero-order chi connectivity index (χ0) is 19.6. The van der Waals surface area contributed by atoms with Gasteiger partial charge in [-0.25, -0.2) is 19.0 Å². The predicted molar refractivity (Wildman–Crippen MR) is 98.0 cm³/mol. The Balaban J connectivity index is 1.94. The van der Waals surface area contributed by atoms with E-state index in [0.717, 1.165) is 11.1 Å². The monoisotopic (exact) mass is 369 g/mol. The lowest BCUT2D eigenvalue weighted by Gasteiger charge is -2.09. The molecule has 27 heavy (non-hydrogen) atoms. The van der Waals surface area contributed by atoms with Crippen molar-refractivity contribution in [3.8, 4) is 17.2 Å². The first kappa shape index (κ1) is 18.7. The minimum atomic E-state index is -0.636. The van der Waals surface area contributed by atoms with Crippen LogP contribution in [0.25, 0.3) is 17.2 Å². The first-order valence-electron chi connectivity index (χ1n) is 8.47. The van der Waals surface area contributed by atoms with Crippen LogP contribution >= 0.6 is 0 Å². The van der Waals surface area contributed by atoms with Gasteiger partial charge in [-0.15, -0.1) is 0 Å². The second-order valence-electron chi connectivity index (χ2n) is 6.32. The van der Waals surface area contributed by atoms with Gasteiger partial charge in [0.1, 0.15) is 5.82 Å². The fourth-order valence-electron chi connectivity index (χ4n) is 2.60. The molecule has 2 heterocycles. The first-order valence-corrected chi connectivity index (χ1v) is 8.47. The molecule has 0 aliphatic rings. The maximum atomic E-state index is 13.2. The van der Waals surface area contributed by atoms with E-state index in [4.69, 9.17) is 0 Å². The molecule has 2 aromatic heterocycles. The number of carbonyl (C=O) groups excluding carboxylic acids is 1. The number of aromatic nitrogens is 4. The normalized spacial score (nSPS) is 12.0. The van der Waals surface area contributed by atoms with Gasteiger partial charge >= 0.3 is 0 Å². The van der Waals surface area contributed by atoms with Crippen molar-refractivity contribution in [3.63, 3.8) is 0 Å². The van der Waals surface area contributed by atoms with E-state index in [1.54, 1.807) is 32.2 Å². The summed E-state index contributed by atoms with van der Waals surface area (Å²) in [6, 6.07) is 6.05. The number of carbonyl (C=O) groups is 1. The van der Waals surface area contributed by atoms with Crippen molar-refractivity contribution in [2.75, 3.05) is 6.54 Å². The molecule has 2 N–H and O–H groups in total. The van der Waals surface area contributed by atoms with Crippen LogP contribution in [0.4, 0.5) is 4.39 Å². The molecule has 140 valence electrons. The molecule has 0 spiro atoms. The van der Waals surface area contributed by atoms with Crippen molar-refractivity contribution >= 4 is 5.91 Å². The standard InChI is InChI=1S/C19H20FN5O2/c1-11-8-22-19(24-17(11)14-4-6-15(20)7-5-14)25-13(3)16(10-23-25)18(27)21-9-12(2)26/h4-8,10,12,26H,9H2,1-3H3,(H,21,27). The van der Waals surface area contributed by atoms with E-state index in [-0.39, 0.29) is 18.3 Å². The third-order valence-corrected chi connectivity index (χ3v) is 4.08. The topological polar surface area (TPSA) is 92.9 Å². The number of halogens is 1. The molecule has 0 saturated carbocycles. The van der Waals surface area contributed by atoms with Crippen LogP contribution in [0.5, 0.6) is 0 Å². The van der Waals surface area contributed by atoms with Crippen molar-refractivity contribution in [2.24, 2.45) is 0 Å². The third kappa shape index (κ3) is 4.01. The number of rotatable bonds is 5. The summed E-state index contributed by atoms with van der Waals surface area (Å²) in [5.41, 5.74) is 3.22. The van der Waals surface area contributed by atoms with Crippen LogP contribution in [0.1, 0.15) is 28.5 Å². The lowest BCUT2D eigenvalue weighted by Crippen LogP contribution is -2.30. The zero-order valence-electron chi connectivity index (χ0n) is 15.3. The third-order valence-electron chi connectivity index (χ3n) is 4.08. The Labute approximate surface area is 155 Å². The molecule has 1 amide bonds. The number of aliphatic hydroxyl groups excluding tert-OH is 1. The SMILES string of the molecule is Cc1cnc(-n2ncc(C(=O)NCC(C)O)c2C)nc1-c1ccc(F)cc1. The molecule has 1 unspecified atom stereocenters. The maximum Gasteiger partial charge on any atom is 0.254 e. The van der Waals surface area contributed by atoms with Gasteiger partial charge in [0.2, 0.25) is 0 Å². The molecule has 8 heteroatoms. The molecule has 0 saturated heterocycles. The molecular formula is C19H20FN5O2. The number of hydrogen-bond donors (Lipinski definition) is 2. The average Bonchev–Trinajstić information content (AvgIpc) is 3.02. The molecular weight excluding hydrogens is 349 g/mol. The highest BCUT2D eigenvalue weighted by molar-refractivity contribution is 5.95. The van der Waals surface area contributed by atoms with Gasteiger partial charge in [0, 0.05) is 18.3 Å². The summed E-state index contributed by atoms with van der Waals surface area (Å²) in [4.78, 5) is 21.1. The van der Waals surface area contributed by atoms with Crippen LogP contribution in [-0.2, 0) is 0 Å². The Hall–Kier alpha value is -3.13. The first-order chi connectivity index (χ1) is 12.9. The van der Waals surface area contributed by atoms with Crippen LogP contribution in [-0.4, -0.2) is 43.4 Å². The van der Waals surface area contributed by atoms with Crippen molar-refractivity contribution in [3.05, 3.63) is 59.3 Å². The molecule has 0 fully saturated rings. The second kappa shape index (κ2) is 7.63. The number of benzene rings is 1. The fourth-order valence-corrected chi connectivity index (χ4v) is 2.60. The van der Waals surface area contributed by atoms with Gasteiger partial charge in [-0.2, -0.15) is 5.10 Å². The summed E-state index contributed by atoms with van der Waals surface area (Å²) in [5, 5.41) is 16.2. The van der Waals surface area contributed by atoms with Gasteiger partial charge in [0.15, 0.2) is 0 Å². The molecule has 3 aromatic rings. The van der Waals surface area contributed by atoms with E-state index in [2.05, 4.69) is 20.4 Å². The van der Waals surface area contributed by atoms with Crippen LogP contribution < -0.4 is 5.32 Å². The van der Waals surface area contributed by atoms with E-state index < -0.39 is 6.10 Å².